The van der Waals surface area contributed by atoms with Crippen LogP contribution in [-0.2, 0) is 4.74 Å². The van der Waals surface area contributed by atoms with Gasteiger partial charge < -0.3 is 29.3 Å². The number of morpholine rings is 1. The minimum atomic E-state index is 0.143. The third kappa shape index (κ3) is 7.09. The summed E-state index contributed by atoms with van der Waals surface area (Å²) >= 11 is 0. The standard InChI is InChI=1S/C30H41N7O3/c1-2-11-36(12-3-1)13-4-16-39-26-21-33-30(34-22-26)35-23-5-7-25(8-6-23)40-28-20-24(37-14-17-38-18-15-37)19-27-29(28)32-10-9-31-27/h9-10,19-23,25H,1-8,11-18H2,(H,33,34,35)/t23-,25+. The number of rotatable bonds is 10. The number of benzene rings is 1. The molecule has 214 valence electrons. The first-order valence-electron chi connectivity index (χ1n) is 15.0. The molecule has 0 spiro atoms. The maximum atomic E-state index is 6.56. The Bertz CT molecular complexity index is 1210. The van der Waals surface area contributed by atoms with Crippen molar-refractivity contribution in [1.82, 2.24) is 24.8 Å². The smallest absolute Gasteiger partial charge is 0.223 e. The average Bonchev–Trinajstić information content (AvgIpc) is 3.02. The molecule has 1 aromatic carbocycles. The van der Waals surface area contributed by atoms with E-state index in [1.807, 2.05) is 0 Å². The number of fused-ring (bicyclic) bond motifs is 1. The van der Waals surface area contributed by atoms with Crippen LogP contribution in [0.4, 0.5) is 11.6 Å². The lowest BCUT2D eigenvalue weighted by Gasteiger charge is -2.31. The predicted octanol–water partition coefficient (Wildman–Crippen LogP) is 4.31. The van der Waals surface area contributed by atoms with E-state index in [1.54, 1.807) is 24.8 Å². The molecule has 0 atom stereocenters. The Balaban J connectivity index is 0.973. The van der Waals surface area contributed by atoms with Crippen molar-refractivity contribution in [3.8, 4) is 11.5 Å². The van der Waals surface area contributed by atoms with Crippen molar-refractivity contribution in [2.45, 2.75) is 63.5 Å². The second-order valence-corrected chi connectivity index (χ2v) is 11.0. The second kappa shape index (κ2) is 13.4. The molecular formula is C30H41N7O3. The normalized spacial score (nSPS) is 22.2. The van der Waals surface area contributed by atoms with Crippen LogP contribution in [0, 0.1) is 0 Å². The van der Waals surface area contributed by atoms with E-state index in [4.69, 9.17) is 14.2 Å². The van der Waals surface area contributed by atoms with Gasteiger partial charge in [0.05, 0.1) is 43.8 Å². The molecule has 0 unspecified atom stereocenters. The van der Waals surface area contributed by atoms with Crippen LogP contribution >= 0.6 is 0 Å². The molecule has 1 N–H and O–H groups in total. The summed E-state index contributed by atoms with van der Waals surface area (Å²) in [5.41, 5.74) is 2.80. The Hall–Kier alpha value is -3.24. The summed E-state index contributed by atoms with van der Waals surface area (Å²) in [7, 11) is 0. The Labute approximate surface area is 236 Å². The van der Waals surface area contributed by atoms with Gasteiger partial charge in [0, 0.05) is 49.8 Å². The molecule has 1 aliphatic carbocycles. The molecule has 3 aliphatic rings. The molecule has 2 aromatic heterocycles. The molecule has 10 heteroatoms. The molecule has 10 nitrogen and oxygen atoms in total. The summed E-state index contributed by atoms with van der Waals surface area (Å²) in [4.78, 5) is 23.0. The van der Waals surface area contributed by atoms with E-state index >= 15 is 0 Å². The number of ether oxygens (including phenoxy) is 3. The van der Waals surface area contributed by atoms with Crippen LogP contribution in [-0.4, -0.2) is 89.5 Å². The first kappa shape index (κ1) is 27.0. The van der Waals surface area contributed by atoms with E-state index in [0.717, 1.165) is 93.2 Å². The second-order valence-electron chi connectivity index (χ2n) is 11.0. The maximum Gasteiger partial charge on any atom is 0.223 e. The summed E-state index contributed by atoms with van der Waals surface area (Å²) in [6.07, 6.45) is 16.1. The minimum Gasteiger partial charge on any atom is -0.490 e. The number of likely N-dealkylation sites (tertiary alicyclic amines) is 1. The molecule has 0 amide bonds. The number of aromatic nitrogens is 4. The van der Waals surface area contributed by atoms with Gasteiger partial charge >= 0.3 is 0 Å². The molecule has 4 heterocycles. The third-order valence-electron chi connectivity index (χ3n) is 8.17. The lowest BCUT2D eigenvalue weighted by Crippen LogP contribution is -2.36. The van der Waals surface area contributed by atoms with Gasteiger partial charge in [-0.3, -0.25) is 4.98 Å². The summed E-state index contributed by atoms with van der Waals surface area (Å²) < 4.78 is 18.0. The lowest BCUT2D eigenvalue weighted by molar-refractivity contribution is 0.122. The predicted molar refractivity (Wildman–Crippen MR) is 155 cm³/mol. The zero-order valence-corrected chi connectivity index (χ0v) is 23.3. The highest BCUT2D eigenvalue weighted by Gasteiger charge is 2.25. The molecule has 2 aliphatic heterocycles. The zero-order chi connectivity index (χ0) is 27.0. The molecular weight excluding hydrogens is 506 g/mol. The van der Waals surface area contributed by atoms with Gasteiger partial charge in [-0.2, -0.15) is 0 Å². The number of anilines is 2. The largest absolute Gasteiger partial charge is 0.490 e. The van der Waals surface area contributed by atoms with Gasteiger partial charge in [0.15, 0.2) is 5.75 Å². The first-order valence-corrected chi connectivity index (χ1v) is 15.0. The van der Waals surface area contributed by atoms with Crippen molar-refractivity contribution in [2.24, 2.45) is 0 Å². The van der Waals surface area contributed by atoms with Crippen LogP contribution in [0.3, 0.4) is 0 Å². The van der Waals surface area contributed by atoms with E-state index in [1.165, 1.54) is 32.4 Å². The summed E-state index contributed by atoms with van der Waals surface area (Å²) in [5.74, 6) is 2.21. The average molecular weight is 548 g/mol. The van der Waals surface area contributed by atoms with Gasteiger partial charge in [-0.1, -0.05) is 6.42 Å². The quantitative estimate of drug-likeness (QED) is 0.370. The van der Waals surface area contributed by atoms with E-state index in [2.05, 4.69) is 47.2 Å². The van der Waals surface area contributed by atoms with Crippen molar-refractivity contribution in [3.63, 3.8) is 0 Å². The lowest BCUT2D eigenvalue weighted by atomic mass is 9.93. The summed E-state index contributed by atoms with van der Waals surface area (Å²) in [5, 5.41) is 3.50. The fourth-order valence-corrected chi connectivity index (χ4v) is 5.94. The number of nitrogens with one attached hydrogen (secondary N) is 1. The van der Waals surface area contributed by atoms with Crippen LogP contribution in [0.5, 0.6) is 11.5 Å². The van der Waals surface area contributed by atoms with Crippen LogP contribution in [0.15, 0.2) is 36.9 Å². The van der Waals surface area contributed by atoms with Crippen LogP contribution in [0.25, 0.3) is 11.0 Å². The third-order valence-corrected chi connectivity index (χ3v) is 8.17. The van der Waals surface area contributed by atoms with E-state index < -0.39 is 0 Å². The SMILES string of the molecule is c1cnc2c(O[C@H]3CC[C@@H](Nc4ncc(OCCCN5CCCCC5)cn4)CC3)cc(N3CCOCC3)cc2n1. The Morgan fingerprint density at radius 1 is 0.875 bits per heavy atom. The number of hydrogen-bond donors (Lipinski definition) is 1. The maximum absolute atomic E-state index is 6.56. The van der Waals surface area contributed by atoms with E-state index in [0.29, 0.717) is 18.6 Å². The van der Waals surface area contributed by atoms with E-state index in [9.17, 15) is 0 Å². The highest BCUT2D eigenvalue weighted by atomic mass is 16.5. The summed E-state index contributed by atoms with van der Waals surface area (Å²) in [6.45, 7) is 7.49. The van der Waals surface area contributed by atoms with Crippen LogP contribution in [0.1, 0.15) is 51.4 Å². The van der Waals surface area contributed by atoms with Gasteiger partial charge in [-0.05, 0) is 64.1 Å². The Morgan fingerprint density at radius 3 is 2.45 bits per heavy atom. The molecule has 0 bridgehead atoms. The van der Waals surface area contributed by atoms with Crippen molar-refractivity contribution < 1.29 is 14.2 Å². The number of piperidine rings is 1. The van der Waals surface area contributed by atoms with Gasteiger partial charge in [0.1, 0.15) is 11.3 Å². The minimum absolute atomic E-state index is 0.143. The molecule has 3 aromatic rings. The van der Waals surface area contributed by atoms with Crippen LogP contribution in [0.2, 0.25) is 0 Å². The van der Waals surface area contributed by atoms with Crippen molar-refractivity contribution >= 4 is 22.7 Å². The molecule has 0 radical (unpaired) electrons. The molecule has 2 saturated heterocycles. The van der Waals surface area contributed by atoms with Gasteiger partial charge in [0.25, 0.3) is 0 Å². The van der Waals surface area contributed by atoms with E-state index in [-0.39, 0.29) is 6.10 Å². The fourth-order valence-electron chi connectivity index (χ4n) is 5.94. The molecule has 1 saturated carbocycles. The zero-order valence-electron chi connectivity index (χ0n) is 23.3. The van der Waals surface area contributed by atoms with Crippen LogP contribution < -0.4 is 19.7 Å². The van der Waals surface area contributed by atoms with Gasteiger partial charge in [0.2, 0.25) is 5.95 Å². The first-order chi connectivity index (χ1) is 19.8. The van der Waals surface area contributed by atoms with Gasteiger partial charge in [-0.15, -0.1) is 0 Å². The topological polar surface area (TPSA) is 97.8 Å². The number of hydrogen-bond acceptors (Lipinski definition) is 10. The number of nitrogens with zero attached hydrogens (tertiary/aromatic N) is 6. The highest BCUT2D eigenvalue weighted by molar-refractivity contribution is 5.85. The molecule has 6 rings (SSSR count). The Kier molecular flexibility index (Phi) is 9.04. The molecule has 3 fully saturated rings. The van der Waals surface area contributed by atoms with Crippen molar-refractivity contribution in [1.29, 1.82) is 0 Å². The highest BCUT2D eigenvalue weighted by Crippen LogP contribution is 2.33. The van der Waals surface area contributed by atoms with Crippen molar-refractivity contribution in [2.75, 3.05) is 62.8 Å². The Morgan fingerprint density at radius 2 is 1.65 bits per heavy atom. The summed E-state index contributed by atoms with van der Waals surface area (Å²) in [6, 6.07) is 4.55. The monoisotopic (exact) mass is 547 g/mol. The van der Waals surface area contributed by atoms with Gasteiger partial charge in [-0.25, -0.2) is 15.0 Å². The molecule has 40 heavy (non-hydrogen) atoms. The van der Waals surface area contributed by atoms with Crippen molar-refractivity contribution in [3.05, 3.63) is 36.9 Å². The fraction of sp³-hybridized carbons (Fsp3) is 0.600.